The number of halogens is 1. The molecule has 3 nitrogen and oxygen atoms in total. The summed E-state index contributed by atoms with van der Waals surface area (Å²) in [6.45, 7) is 6.33. The molecule has 0 radical (unpaired) electrons. The molecule has 0 unspecified atom stereocenters. The Morgan fingerprint density at radius 1 is 1.31 bits per heavy atom. The summed E-state index contributed by atoms with van der Waals surface area (Å²) in [6, 6.07) is 3.91. The first-order valence-electron chi connectivity index (χ1n) is 5.68. The number of hydrogen-bond acceptors (Lipinski definition) is 2. The summed E-state index contributed by atoms with van der Waals surface area (Å²) < 4.78 is 1.71. The van der Waals surface area contributed by atoms with E-state index in [-0.39, 0.29) is 0 Å². The summed E-state index contributed by atoms with van der Waals surface area (Å²) >= 11 is 6.13. The largest absolute Gasteiger partial charge is 0.212 e. The van der Waals surface area contributed by atoms with E-state index in [0.29, 0.717) is 11.1 Å². The van der Waals surface area contributed by atoms with Gasteiger partial charge in [-0.05, 0) is 37.5 Å². The van der Waals surface area contributed by atoms with Gasteiger partial charge in [-0.2, -0.15) is 0 Å². The second-order valence-electron chi connectivity index (χ2n) is 4.11. The molecule has 86 valence electrons. The van der Waals surface area contributed by atoms with Crippen LogP contribution in [0.1, 0.15) is 44.0 Å². The van der Waals surface area contributed by atoms with Crippen LogP contribution in [0.25, 0.3) is 5.65 Å². The number of aryl methyl sites for hydroxylation is 1. The number of fused-ring (bicyclic) bond motifs is 1. The predicted molar refractivity (Wildman–Crippen MR) is 66.1 cm³/mol. The van der Waals surface area contributed by atoms with Gasteiger partial charge in [0, 0.05) is 5.92 Å². The van der Waals surface area contributed by atoms with Gasteiger partial charge in [0.2, 0.25) is 0 Å². The highest BCUT2D eigenvalue weighted by Gasteiger charge is 2.14. The topological polar surface area (TPSA) is 30.2 Å². The molecule has 0 amide bonds. The quantitative estimate of drug-likeness (QED) is 0.764. The minimum absolute atomic E-state index is 0.427. The van der Waals surface area contributed by atoms with Crippen molar-refractivity contribution >= 4 is 17.2 Å². The highest BCUT2D eigenvalue weighted by molar-refractivity contribution is 6.29. The molecule has 2 rings (SSSR count). The Balaban J connectivity index is 2.55. The molecule has 0 bridgehead atoms. The summed E-state index contributed by atoms with van der Waals surface area (Å²) in [5.41, 5.74) is 1.95. The van der Waals surface area contributed by atoms with Crippen LogP contribution in [-0.4, -0.2) is 14.6 Å². The second kappa shape index (κ2) is 4.42. The SMILES string of the molecule is CCC(CC)c1nc2cc(C)cc(Cl)n2n1. The standard InChI is InChI=1S/C12H16ClN3/c1-4-9(5-2)12-14-11-7-8(3)6-10(13)16(11)15-12/h6-7,9H,4-5H2,1-3H3. The minimum atomic E-state index is 0.427. The zero-order chi connectivity index (χ0) is 11.7. The van der Waals surface area contributed by atoms with Crippen molar-refractivity contribution in [3.63, 3.8) is 0 Å². The summed E-state index contributed by atoms with van der Waals surface area (Å²) in [4.78, 5) is 4.54. The molecule has 0 fully saturated rings. The van der Waals surface area contributed by atoms with Gasteiger partial charge in [-0.15, -0.1) is 5.10 Å². The Morgan fingerprint density at radius 3 is 2.62 bits per heavy atom. The molecule has 2 aromatic rings. The zero-order valence-electron chi connectivity index (χ0n) is 9.87. The van der Waals surface area contributed by atoms with Crippen molar-refractivity contribution in [2.45, 2.75) is 39.5 Å². The maximum Gasteiger partial charge on any atom is 0.157 e. The smallest absolute Gasteiger partial charge is 0.157 e. The molecular weight excluding hydrogens is 222 g/mol. The Labute approximate surface area is 100 Å². The first-order valence-corrected chi connectivity index (χ1v) is 6.06. The molecule has 16 heavy (non-hydrogen) atoms. The number of aromatic nitrogens is 3. The van der Waals surface area contributed by atoms with Gasteiger partial charge in [0.1, 0.15) is 5.15 Å². The molecule has 0 aliphatic rings. The van der Waals surface area contributed by atoms with Crippen molar-refractivity contribution in [2.75, 3.05) is 0 Å². The lowest BCUT2D eigenvalue weighted by molar-refractivity contribution is 0.601. The Kier molecular flexibility index (Phi) is 3.15. The molecule has 0 saturated carbocycles. The highest BCUT2D eigenvalue weighted by Crippen LogP contribution is 2.22. The molecule has 0 N–H and O–H groups in total. The number of rotatable bonds is 3. The van der Waals surface area contributed by atoms with Crippen LogP contribution in [0.4, 0.5) is 0 Å². The van der Waals surface area contributed by atoms with Gasteiger partial charge in [-0.1, -0.05) is 25.4 Å². The van der Waals surface area contributed by atoms with Crippen molar-refractivity contribution < 1.29 is 0 Å². The Bertz CT molecular complexity index is 500. The fourth-order valence-electron chi connectivity index (χ4n) is 1.91. The van der Waals surface area contributed by atoms with Crippen LogP contribution in [0.3, 0.4) is 0 Å². The van der Waals surface area contributed by atoms with E-state index in [1.54, 1.807) is 4.52 Å². The fourth-order valence-corrected chi connectivity index (χ4v) is 2.21. The van der Waals surface area contributed by atoms with Gasteiger partial charge in [0.25, 0.3) is 0 Å². The molecule has 2 aromatic heterocycles. The van der Waals surface area contributed by atoms with E-state index < -0.39 is 0 Å². The van der Waals surface area contributed by atoms with E-state index in [2.05, 4.69) is 23.9 Å². The summed E-state index contributed by atoms with van der Waals surface area (Å²) in [6.07, 6.45) is 2.12. The molecule has 4 heteroatoms. The van der Waals surface area contributed by atoms with E-state index in [4.69, 9.17) is 11.6 Å². The average molecular weight is 238 g/mol. The Morgan fingerprint density at radius 2 is 2.00 bits per heavy atom. The van der Waals surface area contributed by atoms with E-state index >= 15 is 0 Å². The molecule has 0 saturated heterocycles. The van der Waals surface area contributed by atoms with Crippen LogP contribution in [0, 0.1) is 6.92 Å². The van der Waals surface area contributed by atoms with E-state index in [0.717, 1.165) is 29.9 Å². The average Bonchev–Trinajstić information content (AvgIpc) is 2.63. The fraction of sp³-hybridized carbons (Fsp3) is 0.500. The van der Waals surface area contributed by atoms with Crippen molar-refractivity contribution in [3.8, 4) is 0 Å². The van der Waals surface area contributed by atoms with Gasteiger partial charge in [-0.3, -0.25) is 0 Å². The molecule has 2 heterocycles. The maximum absolute atomic E-state index is 6.13. The lowest BCUT2D eigenvalue weighted by Gasteiger charge is -2.05. The molecule has 0 spiro atoms. The van der Waals surface area contributed by atoms with Gasteiger partial charge in [0.05, 0.1) is 0 Å². The maximum atomic E-state index is 6.13. The molecular formula is C12H16ClN3. The third kappa shape index (κ3) is 1.92. The Hall–Kier alpha value is -1.09. The second-order valence-corrected chi connectivity index (χ2v) is 4.50. The first-order chi connectivity index (χ1) is 7.65. The zero-order valence-corrected chi connectivity index (χ0v) is 10.6. The van der Waals surface area contributed by atoms with Gasteiger partial charge in [-0.25, -0.2) is 9.50 Å². The third-order valence-electron chi connectivity index (χ3n) is 2.91. The van der Waals surface area contributed by atoms with Crippen LogP contribution in [0.15, 0.2) is 12.1 Å². The van der Waals surface area contributed by atoms with Crippen LogP contribution in [0.2, 0.25) is 5.15 Å². The normalized spacial score (nSPS) is 11.6. The summed E-state index contributed by atoms with van der Waals surface area (Å²) in [5, 5.41) is 5.09. The third-order valence-corrected chi connectivity index (χ3v) is 3.17. The van der Waals surface area contributed by atoms with E-state index in [9.17, 15) is 0 Å². The minimum Gasteiger partial charge on any atom is -0.212 e. The van der Waals surface area contributed by atoms with Gasteiger partial charge < -0.3 is 0 Å². The van der Waals surface area contributed by atoms with Gasteiger partial charge >= 0.3 is 0 Å². The van der Waals surface area contributed by atoms with Crippen molar-refractivity contribution in [1.82, 2.24) is 14.6 Å². The van der Waals surface area contributed by atoms with E-state index in [1.165, 1.54) is 0 Å². The molecule has 0 aromatic carbocycles. The van der Waals surface area contributed by atoms with Crippen molar-refractivity contribution in [3.05, 3.63) is 28.7 Å². The van der Waals surface area contributed by atoms with Crippen LogP contribution in [0.5, 0.6) is 0 Å². The summed E-state index contributed by atoms with van der Waals surface area (Å²) in [5.74, 6) is 1.33. The van der Waals surface area contributed by atoms with Crippen LogP contribution >= 0.6 is 11.6 Å². The predicted octanol–water partition coefficient (Wildman–Crippen LogP) is 3.59. The highest BCUT2D eigenvalue weighted by atomic mass is 35.5. The summed E-state index contributed by atoms with van der Waals surface area (Å²) in [7, 11) is 0. The van der Waals surface area contributed by atoms with Crippen molar-refractivity contribution in [1.29, 1.82) is 0 Å². The lowest BCUT2D eigenvalue weighted by atomic mass is 10.0. The number of pyridine rings is 1. The van der Waals surface area contributed by atoms with Gasteiger partial charge in [0.15, 0.2) is 11.5 Å². The van der Waals surface area contributed by atoms with Crippen molar-refractivity contribution in [2.24, 2.45) is 0 Å². The molecule has 0 atom stereocenters. The lowest BCUT2D eigenvalue weighted by Crippen LogP contribution is -1.98. The molecule has 0 aliphatic carbocycles. The monoisotopic (exact) mass is 237 g/mol. The first kappa shape index (κ1) is 11.4. The van der Waals surface area contributed by atoms with E-state index in [1.807, 2.05) is 19.1 Å². The van der Waals surface area contributed by atoms with Crippen LogP contribution in [-0.2, 0) is 0 Å². The van der Waals surface area contributed by atoms with Crippen LogP contribution < -0.4 is 0 Å². The number of nitrogens with zero attached hydrogens (tertiary/aromatic N) is 3. The molecule has 0 aliphatic heterocycles. The number of hydrogen-bond donors (Lipinski definition) is 0.